The molecule has 0 fully saturated rings. The molecule has 0 radical (unpaired) electrons. The van der Waals surface area contributed by atoms with Gasteiger partial charge in [0.15, 0.2) is 0 Å². The molecule has 0 saturated carbocycles. The van der Waals surface area contributed by atoms with E-state index in [9.17, 15) is 18.0 Å². The topological polar surface area (TPSA) is 127 Å². The molecule has 0 heterocycles. The number of sulfone groups is 1. The fourth-order valence-corrected chi connectivity index (χ4v) is 2.68. The molecule has 0 aromatic carbocycles. The summed E-state index contributed by atoms with van der Waals surface area (Å²) in [5.74, 6) is -1.33. The SMILES string of the molecule is CC(C)C[C@H](CNC(=O)C(N)CCS(C)(=O)=O)CC(=O)O. The van der Waals surface area contributed by atoms with Crippen molar-refractivity contribution in [1.29, 1.82) is 0 Å². The number of amides is 1. The van der Waals surface area contributed by atoms with Gasteiger partial charge in [0.05, 0.1) is 11.8 Å². The Morgan fingerprint density at radius 1 is 1.29 bits per heavy atom. The Morgan fingerprint density at radius 3 is 2.29 bits per heavy atom. The molecule has 0 bridgehead atoms. The van der Waals surface area contributed by atoms with E-state index in [4.69, 9.17) is 10.8 Å². The van der Waals surface area contributed by atoms with Crippen LogP contribution >= 0.6 is 0 Å². The highest BCUT2D eigenvalue weighted by atomic mass is 32.2. The minimum absolute atomic E-state index is 0.0168. The van der Waals surface area contributed by atoms with Gasteiger partial charge in [0.25, 0.3) is 0 Å². The van der Waals surface area contributed by atoms with E-state index >= 15 is 0 Å². The van der Waals surface area contributed by atoms with E-state index < -0.39 is 27.8 Å². The third-order valence-electron chi connectivity index (χ3n) is 2.97. The fraction of sp³-hybridized carbons (Fsp3) is 0.846. The van der Waals surface area contributed by atoms with Gasteiger partial charge in [0.2, 0.25) is 5.91 Å². The molecule has 0 aliphatic heterocycles. The monoisotopic (exact) mass is 322 g/mol. The zero-order chi connectivity index (χ0) is 16.6. The fourth-order valence-electron chi connectivity index (χ4n) is 2.00. The number of carbonyl (C=O) groups excluding carboxylic acids is 1. The molecule has 0 saturated heterocycles. The predicted octanol–water partition coefficient (Wildman–Crippen LogP) is 0.00160. The summed E-state index contributed by atoms with van der Waals surface area (Å²) >= 11 is 0. The van der Waals surface area contributed by atoms with Gasteiger partial charge in [-0.1, -0.05) is 13.8 Å². The highest BCUT2D eigenvalue weighted by Gasteiger charge is 2.19. The molecular formula is C13H26N2O5S. The molecule has 0 aliphatic rings. The molecular weight excluding hydrogens is 296 g/mol. The number of carboxylic acid groups (broad SMARTS) is 1. The standard InChI is InChI=1S/C13H26N2O5S/c1-9(2)6-10(7-12(16)17)8-15-13(18)11(14)4-5-21(3,19)20/h9-11H,4-8,14H2,1-3H3,(H,15,18)(H,16,17)/t10-,11?/m0/s1. The Morgan fingerprint density at radius 2 is 1.86 bits per heavy atom. The van der Waals surface area contributed by atoms with Crippen LogP contribution in [0.25, 0.3) is 0 Å². The number of carbonyl (C=O) groups is 2. The van der Waals surface area contributed by atoms with Crippen molar-refractivity contribution in [2.75, 3.05) is 18.6 Å². The lowest BCUT2D eigenvalue weighted by atomic mass is 9.94. The van der Waals surface area contributed by atoms with Gasteiger partial charge in [-0.25, -0.2) is 8.42 Å². The quantitative estimate of drug-likeness (QED) is 0.520. The number of nitrogens with two attached hydrogens (primary N) is 1. The number of rotatable bonds is 10. The minimum Gasteiger partial charge on any atom is -0.481 e. The lowest BCUT2D eigenvalue weighted by Crippen LogP contribution is -2.43. The third-order valence-corrected chi connectivity index (χ3v) is 3.95. The van der Waals surface area contributed by atoms with Crippen LogP contribution < -0.4 is 11.1 Å². The van der Waals surface area contributed by atoms with Crippen molar-refractivity contribution in [2.24, 2.45) is 17.6 Å². The number of hydrogen-bond acceptors (Lipinski definition) is 5. The van der Waals surface area contributed by atoms with Gasteiger partial charge in [0.1, 0.15) is 9.84 Å². The molecule has 0 spiro atoms. The smallest absolute Gasteiger partial charge is 0.303 e. The summed E-state index contributed by atoms with van der Waals surface area (Å²) in [7, 11) is -3.15. The van der Waals surface area contributed by atoms with Crippen LogP contribution in [-0.4, -0.2) is 50.0 Å². The second-order valence-corrected chi connectivity index (χ2v) is 8.12. The van der Waals surface area contributed by atoms with Crippen LogP contribution in [0.5, 0.6) is 0 Å². The maximum Gasteiger partial charge on any atom is 0.303 e. The summed E-state index contributed by atoms with van der Waals surface area (Å²) in [6, 6.07) is -0.899. The first-order chi connectivity index (χ1) is 9.51. The molecule has 21 heavy (non-hydrogen) atoms. The average molecular weight is 322 g/mol. The van der Waals surface area contributed by atoms with E-state index in [0.29, 0.717) is 12.3 Å². The van der Waals surface area contributed by atoms with E-state index in [1.165, 1.54) is 0 Å². The Bertz CT molecular complexity index is 447. The Hall–Kier alpha value is -1.15. The maximum absolute atomic E-state index is 11.8. The molecule has 0 aromatic rings. The highest BCUT2D eigenvalue weighted by Crippen LogP contribution is 2.14. The number of carboxylic acids is 1. The predicted molar refractivity (Wildman–Crippen MR) is 80.5 cm³/mol. The molecule has 2 atom stereocenters. The van der Waals surface area contributed by atoms with Crippen LogP contribution in [0.15, 0.2) is 0 Å². The molecule has 0 aliphatic carbocycles. The van der Waals surface area contributed by atoms with Crippen molar-refractivity contribution in [3.8, 4) is 0 Å². The van der Waals surface area contributed by atoms with Crippen molar-refractivity contribution >= 4 is 21.7 Å². The van der Waals surface area contributed by atoms with Crippen molar-refractivity contribution in [3.63, 3.8) is 0 Å². The van der Waals surface area contributed by atoms with Crippen LogP contribution in [-0.2, 0) is 19.4 Å². The van der Waals surface area contributed by atoms with Crippen molar-refractivity contribution in [1.82, 2.24) is 5.32 Å². The molecule has 0 rings (SSSR count). The van der Waals surface area contributed by atoms with E-state index in [1.807, 2.05) is 13.8 Å². The van der Waals surface area contributed by atoms with Gasteiger partial charge < -0.3 is 16.2 Å². The summed E-state index contributed by atoms with van der Waals surface area (Å²) in [6.07, 6.45) is 1.81. The van der Waals surface area contributed by atoms with Gasteiger partial charge >= 0.3 is 5.97 Å². The van der Waals surface area contributed by atoms with Crippen LogP contribution in [0.4, 0.5) is 0 Å². The van der Waals surface area contributed by atoms with Crippen LogP contribution in [0.2, 0.25) is 0 Å². The zero-order valence-electron chi connectivity index (χ0n) is 12.8. The molecule has 7 nitrogen and oxygen atoms in total. The van der Waals surface area contributed by atoms with Crippen LogP contribution in [0, 0.1) is 11.8 Å². The van der Waals surface area contributed by atoms with E-state index in [-0.39, 0.29) is 31.1 Å². The van der Waals surface area contributed by atoms with Crippen LogP contribution in [0.1, 0.15) is 33.1 Å². The first-order valence-electron chi connectivity index (χ1n) is 6.94. The zero-order valence-corrected chi connectivity index (χ0v) is 13.6. The molecule has 0 aromatic heterocycles. The highest BCUT2D eigenvalue weighted by molar-refractivity contribution is 7.90. The maximum atomic E-state index is 11.8. The molecule has 4 N–H and O–H groups in total. The minimum atomic E-state index is -3.15. The number of nitrogens with one attached hydrogen (secondary N) is 1. The van der Waals surface area contributed by atoms with Crippen molar-refractivity contribution in [2.45, 2.75) is 39.2 Å². The first kappa shape index (κ1) is 19.9. The summed E-state index contributed by atoms with van der Waals surface area (Å²) in [5.41, 5.74) is 5.62. The lowest BCUT2D eigenvalue weighted by Gasteiger charge is -2.19. The summed E-state index contributed by atoms with van der Waals surface area (Å²) in [4.78, 5) is 22.5. The van der Waals surface area contributed by atoms with Crippen molar-refractivity contribution in [3.05, 3.63) is 0 Å². The van der Waals surface area contributed by atoms with Gasteiger partial charge in [-0.15, -0.1) is 0 Å². The average Bonchev–Trinajstić information content (AvgIpc) is 2.30. The first-order valence-corrected chi connectivity index (χ1v) is 9.00. The lowest BCUT2D eigenvalue weighted by molar-refractivity contribution is -0.138. The van der Waals surface area contributed by atoms with Crippen LogP contribution in [0.3, 0.4) is 0 Å². The van der Waals surface area contributed by atoms with Gasteiger partial charge in [-0.05, 0) is 24.7 Å². The number of aliphatic carboxylic acids is 1. The van der Waals surface area contributed by atoms with E-state index in [0.717, 1.165) is 6.26 Å². The van der Waals surface area contributed by atoms with Gasteiger partial charge in [-0.2, -0.15) is 0 Å². The summed E-state index contributed by atoms with van der Waals surface area (Å²) < 4.78 is 22.0. The Kier molecular flexibility index (Phi) is 8.50. The van der Waals surface area contributed by atoms with E-state index in [1.54, 1.807) is 0 Å². The molecule has 1 amide bonds. The normalized spacial score (nSPS) is 14.7. The number of hydrogen-bond donors (Lipinski definition) is 3. The molecule has 8 heteroatoms. The summed E-state index contributed by atoms with van der Waals surface area (Å²) in [6.45, 7) is 4.19. The largest absolute Gasteiger partial charge is 0.481 e. The second-order valence-electron chi connectivity index (χ2n) is 5.86. The molecule has 1 unspecified atom stereocenters. The second kappa shape index (κ2) is 8.99. The van der Waals surface area contributed by atoms with Gasteiger partial charge in [-0.3, -0.25) is 9.59 Å². The third kappa shape index (κ3) is 11.2. The Balaban J connectivity index is 4.30. The van der Waals surface area contributed by atoms with E-state index in [2.05, 4.69) is 5.32 Å². The Labute approximate surface area is 126 Å². The van der Waals surface area contributed by atoms with Crippen molar-refractivity contribution < 1.29 is 23.1 Å². The molecule has 124 valence electrons. The summed E-state index contributed by atoms with van der Waals surface area (Å²) in [5, 5.41) is 11.4. The van der Waals surface area contributed by atoms with Gasteiger partial charge in [0, 0.05) is 19.2 Å².